The van der Waals surface area contributed by atoms with E-state index in [2.05, 4.69) is 39.0 Å². The Balaban J connectivity index is 0.000000195. The second kappa shape index (κ2) is 24.8. The number of methoxy groups -OCH3 is 4. The van der Waals surface area contributed by atoms with Crippen LogP contribution in [0.15, 0.2) is 243 Å². The fraction of sp³-hybridized carbons (Fsp3) is 0.0625. The Hall–Kier alpha value is -11.0. The molecule has 16 heteroatoms. The van der Waals surface area contributed by atoms with Crippen molar-refractivity contribution in [3.63, 3.8) is 0 Å². The van der Waals surface area contributed by atoms with Crippen LogP contribution in [0.4, 0.5) is 91.0 Å². The summed E-state index contributed by atoms with van der Waals surface area (Å²) in [4.78, 5) is 29.9. The Bertz CT molecular complexity index is 3430. The molecule has 0 radical (unpaired) electrons. The molecule has 80 heavy (non-hydrogen) atoms. The molecule has 0 bridgehead atoms. The van der Waals surface area contributed by atoms with Gasteiger partial charge >= 0.3 is 0 Å². The van der Waals surface area contributed by atoms with Crippen LogP contribution in [0, 0.1) is 20.2 Å². The molecule has 0 aliphatic rings. The number of nitrogens with two attached hydrogens (primary N) is 2. The summed E-state index contributed by atoms with van der Waals surface area (Å²) in [6.07, 6.45) is 0. The van der Waals surface area contributed by atoms with Crippen molar-refractivity contribution >= 4 is 91.0 Å². The first kappa shape index (κ1) is 53.8. The Morgan fingerprint density at radius 2 is 0.400 bits per heavy atom. The van der Waals surface area contributed by atoms with Crippen molar-refractivity contribution in [3.8, 4) is 23.0 Å². The standard InChI is InChI=1S/C32H26N4O6.C32H30N4O2/c1-41-31-19-15-27(16-20-31)34(28-17-21-32(42-2)22-18-28)24-5-3-23(4-6-24)33(25-7-11-29(12-8-25)35(37)38)26-9-13-30(14-10-26)36(39)40;1-37-31-19-15-29(16-20-31)36(30-17-21-32(38-2)22-18-30)28-13-11-27(12-14-28)35(25-7-3-23(33)4-8-25)26-9-5-24(34)6-10-26/h3-22H,1-2H3;3-22H,33-34H2,1-2H3. The Morgan fingerprint density at radius 3 is 0.550 bits per heavy atom. The molecule has 10 aromatic carbocycles. The number of non-ortho nitro benzene ring substituents is 2. The molecule has 0 unspecified atom stereocenters. The van der Waals surface area contributed by atoms with Crippen LogP contribution in [-0.4, -0.2) is 38.3 Å². The van der Waals surface area contributed by atoms with Crippen LogP contribution in [0.25, 0.3) is 0 Å². The maximum absolute atomic E-state index is 11.2. The van der Waals surface area contributed by atoms with Gasteiger partial charge in [0.1, 0.15) is 23.0 Å². The number of nitrogen functional groups attached to an aromatic ring is 2. The lowest BCUT2D eigenvalue weighted by molar-refractivity contribution is -0.385. The summed E-state index contributed by atoms with van der Waals surface area (Å²) in [5.41, 5.74) is 24.1. The summed E-state index contributed by atoms with van der Waals surface area (Å²) >= 11 is 0. The molecule has 0 saturated heterocycles. The average molecular weight is 1070 g/mol. The van der Waals surface area contributed by atoms with E-state index in [4.69, 9.17) is 30.4 Å². The van der Waals surface area contributed by atoms with Crippen molar-refractivity contribution in [2.75, 3.05) is 59.5 Å². The highest BCUT2D eigenvalue weighted by Gasteiger charge is 2.20. The molecule has 0 fully saturated rings. The van der Waals surface area contributed by atoms with E-state index in [1.165, 1.54) is 24.3 Å². The van der Waals surface area contributed by atoms with E-state index < -0.39 is 9.85 Å². The molecule has 0 amide bonds. The molecule has 400 valence electrons. The van der Waals surface area contributed by atoms with Crippen molar-refractivity contribution in [1.29, 1.82) is 0 Å². The van der Waals surface area contributed by atoms with Gasteiger partial charge in [-0.25, -0.2) is 0 Å². The summed E-state index contributed by atoms with van der Waals surface area (Å²) in [5, 5.41) is 22.5. The molecule has 10 rings (SSSR count). The van der Waals surface area contributed by atoms with Gasteiger partial charge in [-0.3, -0.25) is 20.2 Å². The van der Waals surface area contributed by atoms with Gasteiger partial charge in [0, 0.05) is 104 Å². The topological polar surface area (TPSA) is 188 Å². The maximum Gasteiger partial charge on any atom is 0.269 e. The highest BCUT2D eigenvalue weighted by molar-refractivity contribution is 5.84. The first-order chi connectivity index (χ1) is 38.9. The van der Waals surface area contributed by atoms with E-state index in [1.807, 2.05) is 175 Å². The van der Waals surface area contributed by atoms with Gasteiger partial charge in [-0.2, -0.15) is 0 Å². The molecule has 0 aliphatic heterocycles. The molecular weight excluding hydrogens is 1010 g/mol. The number of hydrogen-bond donors (Lipinski definition) is 2. The summed E-state index contributed by atoms with van der Waals surface area (Å²) in [7, 11) is 6.58. The highest BCUT2D eigenvalue weighted by atomic mass is 16.6. The van der Waals surface area contributed by atoms with Gasteiger partial charge in [-0.05, 0) is 218 Å². The van der Waals surface area contributed by atoms with Crippen LogP contribution in [-0.2, 0) is 0 Å². The highest BCUT2D eigenvalue weighted by Crippen LogP contribution is 2.43. The van der Waals surface area contributed by atoms with Crippen LogP contribution in [0.5, 0.6) is 23.0 Å². The normalized spacial score (nSPS) is 10.6. The number of nitrogens with zero attached hydrogens (tertiary/aromatic N) is 6. The molecule has 0 aromatic heterocycles. The van der Waals surface area contributed by atoms with Crippen molar-refractivity contribution in [2.24, 2.45) is 0 Å². The van der Waals surface area contributed by atoms with E-state index >= 15 is 0 Å². The van der Waals surface area contributed by atoms with Gasteiger partial charge in [-0.1, -0.05) is 0 Å². The first-order valence-electron chi connectivity index (χ1n) is 25.1. The van der Waals surface area contributed by atoms with E-state index in [1.54, 1.807) is 52.7 Å². The quantitative estimate of drug-likeness (QED) is 0.0469. The molecule has 0 saturated carbocycles. The van der Waals surface area contributed by atoms with Gasteiger partial charge < -0.3 is 50.0 Å². The lowest BCUT2D eigenvalue weighted by atomic mass is 10.1. The zero-order valence-electron chi connectivity index (χ0n) is 44.2. The molecule has 0 aliphatic carbocycles. The number of rotatable bonds is 18. The van der Waals surface area contributed by atoms with E-state index in [9.17, 15) is 20.2 Å². The van der Waals surface area contributed by atoms with Crippen molar-refractivity contribution in [3.05, 3.63) is 263 Å². The van der Waals surface area contributed by atoms with Gasteiger partial charge in [0.2, 0.25) is 0 Å². The lowest BCUT2D eigenvalue weighted by Crippen LogP contribution is -2.12. The van der Waals surface area contributed by atoms with Crippen LogP contribution in [0.2, 0.25) is 0 Å². The molecule has 0 heterocycles. The minimum absolute atomic E-state index is 0.0348. The van der Waals surface area contributed by atoms with Crippen LogP contribution in [0.3, 0.4) is 0 Å². The zero-order chi connectivity index (χ0) is 56.1. The van der Waals surface area contributed by atoms with Crippen LogP contribution < -0.4 is 50.0 Å². The third kappa shape index (κ3) is 12.5. The number of benzene rings is 10. The minimum Gasteiger partial charge on any atom is -0.497 e. The molecule has 4 N–H and O–H groups in total. The van der Waals surface area contributed by atoms with E-state index in [0.717, 1.165) is 91.2 Å². The van der Waals surface area contributed by atoms with Crippen LogP contribution >= 0.6 is 0 Å². The zero-order valence-corrected chi connectivity index (χ0v) is 44.2. The van der Waals surface area contributed by atoms with Crippen molar-refractivity contribution in [2.45, 2.75) is 0 Å². The van der Waals surface area contributed by atoms with Gasteiger partial charge in [-0.15, -0.1) is 0 Å². The largest absolute Gasteiger partial charge is 0.497 e. The van der Waals surface area contributed by atoms with Gasteiger partial charge in [0.25, 0.3) is 11.4 Å². The SMILES string of the molecule is COc1ccc(N(c2ccc(OC)cc2)c2ccc(N(c3ccc(N)cc3)c3ccc(N)cc3)cc2)cc1.COc1ccc(N(c2ccc(OC)cc2)c2ccc(N(c3ccc([N+](=O)[O-])cc3)c3ccc([N+](=O)[O-])cc3)cc2)cc1. The smallest absolute Gasteiger partial charge is 0.269 e. The van der Waals surface area contributed by atoms with E-state index in [-0.39, 0.29) is 11.4 Å². The summed E-state index contributed by atoms with van der Waals surface area (Å²) in [6, 6.07) is 75.7. The lowest BCUT2D eigenvalue weighted by Gasteiger charge is -2.28. The Morgan fingerprint density at radius 1 is 0.263 bits per heavy atom. The van der Waals surface area contributed by atoms with Crippen LogP contribution in [0.1, 0.15) is 0 Å². The first-order valence-corrected chi connectivity index (χ1v) is 25.1. The van der Waals surface area contributed by atoms with Gasteiger partial charge in [0.15, 0.2) is 0 Å². The molecular formula is C64H56N8O8. The minimum atomic E-state index is -0.457. The number of anilines is 14. The molecule has 10 aromatic rings. The molecule has 16 nitrogen and oxygen atoms in total. The van der Waals surface area contributed by atoms with E-state index in [0.29, 0.717) is 11.4 Å². The predicted molar refractivity (Wildman–Crippen MR) is 320 cm³/mol. The summed E-state index contributed by atoms with van der Waals surface area (Å²) in [5.74, 6) is 3.10. The summed E-state index contributed by atoms with van der Waals surface area (Å²) in [6.45, 7) is 0. The Labute approximate surface area is 463 Å². The third-order valence-corrected chi connectivity index (χ3v) is 13.0. The van der Waals surface area contributed by atoms with Crippen molar-refractivity contribution in [1.82, 2.24) is 0 Å². The predicted octanol–water partition coefficient (Wildman–Crippen LogP) is 16.3. The number of nitro benzene ring substituents is 2. The number of ether oxygens (including phenoxy) is 4. The average Bonchev–Trinajstić information content (AvgIpc) is 3.52. The fourth-order valence-electron chi connectivity index (χ4n) is 8.91. The second-order valence-corrected chi connectivity index (χ2v) is 17.9. The summed E-state index contributed by atoms with van der Waals surface area (Å²) < 4.78 is 21.4. The van der Waals surface area contributed by atoms with Crippen molar-refractivity contribution < 1.29 is 28.8 Å². The Kier molecular flexibility index (Phi) is 16.7. The third-order valence-electron chi connectivity index (χ3n) is 13.0. The fourth-order valence-corrected chi connectivity index (χ4v) is 8.91. The van der Waals surface area contributed by atoms with Gasteiger partial charge in [0.05, 0.1) is 38.3 Å². The molecule has 0 spiro atoms. The number of hydrogen-bond acceptors (Lipinski definition) is 14. The second-order valence-electron chi connectivity index (χ2n) is 17.9. The monoisotopic (exact) mass is 1060 g/mol. The number of nitro groups is 2. The maximum atomic E-state index is 11.2. The molecule has 0 atom stereocenters.